The molecule has 4 heterocycles. The Hall–Kier alpha value is -6.20. The maximum atomic E-state index is 6.86. The average molecular weight is 1040 g/mol. The SMILES string of the molecule is Cc1cc2c(cc1N1c3cc4c(cc3B3c5cc6c(cc5N(c5ccc7c(c5)oc5ccccc57)c5cc(N7c8ccccc8C8(C)CCCCC78C)cc1c53)C(C)(C)CCC6(C)C)C(C)(C)CCC4(C)C)C(C)(C)CC2(C)C. The van der Waals surface area contributed by atoms with Crippen molar-refractivity contribution in [2.45, 2.75) is 205 Å². The van der Waals surface area contributed by atoms with E-state index in [9.17, 15) is 0 Å². The number of nitrogens with zero attached hydrogens (tertiary/aromatic N) is 3. The third kappa shape index (κ3) is 6.57. The molecule has 7 aromatic carbocycles. The van der Waals surface area contributed by atoms with Crippen molar-refractivity contribution in [1.29, 1.82) is 0 Å². The quantitative estimate of drug-likeness (QED) is 0.165. The van der Waals surface area contributed by atoms with Crippen molar-refractivity contribution in [1.82, 2.24) is 0 Å². The lowest BCUT2D eigenvalue weighted by molar-refractivity contribution is 0.195. The largest absolute Gasteiger partial charge is 0.456 e. The van der Waals surface area contributed by atoms with Gasteiger partial charge in [0.05, 0.1) is 5.54 Å². The second kappa shape index (κ2) is 15.6. The van der Waals surface area contributed by atoms with Gasteiger partial charge in [-0.05, 0) is 207 Å². The van der Waals surface area contributed by atoms with Crippen LogP contribution in [0.25, 0.3) is 21.9 Å². The highest BCUT2D eigenvalue weighted by Crippen LogP contribution is 2.63. The molecule has 0 N–H and O–H groups in total. The second-order valence-electron chi connectivity index (χ2n) is 30.5. The lowest BCUT2D eigenvalue weighted by atomic mass is 9.32. The van der Waals surface area contributed by atoms with Crippen molar-refractivity contribution >= 4 is 90.5 Å². The topological polar surface area (TPSA) is 22.9 Å². The normalized spacial score (nSPS) is 24.5. The molecule has 0 spiro atoms. The van der Waals surface area contributed by atoms with E-state index in [2.05, 4.69) is 234 Å². The summed E-state index contributed by atoms with van der Waals surface area (Å²) in [6.07, 6.45) is 10.6. The van der Waals surface area contributed by atoms with Gasteiger partial charge in [0.25, 0.3) is 6.71 Å². The minimum Gasteiger partial charge on any atom is -0.456 e. The smallest absolute Gasteiger partial charge is 0.252 e. The van der Waals surface area contributed by atoms with Gasteiger partial charge in [-0.1, -0.05) is 157 Å². The maximum Gasteiger partial charge on any atom is 0.252 e. The molecule has 2 unspecified atom stereocenters. The van der Waals surface area contributed by atoms with Crippen LogP contribution in [0.3, 0.4) is 0 Å². The van der Waals surface area contributed by atoms with E-state index in [-0.39, 0.29) is 50.2 Å². The number of hydrogen-bond donors (Lipinski definition) is 0. The van der Waals surface area contributed by atoms with Crippen molar-refractivity contribution in [3.05, 3.63) is 160 Å². The van der Waals surface area contributed by atoms with Gasteiger partial charge in [0.15, 0.2) is 0 Å². The van der Waals surface area contributed by atoms with E-state index in [1.807, 2.05) is 0 Å². The van der Waals surface area contributed by atoms with Crippen molar-refractivity contribution in [3.63, 3.8) is 0 Å². The summed E-state index contributed by atoms with van der Waals surface area (Å²) in [6.45, 7) is 37.6. The van der Waals surface area contributed by atoms with Gasteiger partial charge in [-0.15, -0.1) is 0 Å². The molecule has 4 aliphatic carbocycles. The van der Waals surface area contributed by atoms with Crippen LogP contribution in [0.1, 0.15) is 199 Å². The van der Waals surface area contributed by atoms with Crippen LogP contribution in [0, 0.1) is 6.92 Å². The molecule has 3 aliphatic heterocycles. The molecule has 0 amide bonds. The van der Waals surface area contributed by atoms with Crippen LogP contribution in [0.4, 0.5) is 45.5 Å². The Bertz CT molecular complexity index is 3990. The molecule has 2 atom stereocenters. The molecule has 15 rings (SSSR count). The molecule has 402 valence electrons. The predicted octanol–water partition coefficient (Wildman–Crippen LogP) is 18.4. The molecular weight excluding hydrogens is 958 g/mol. The van der Waals surface area contributed by atoms with Crippen LogP contribution in [0.2, 0.25) is 0 Å². The summed E-state index contributed by atoms with van der Waals surface area (Å²) in [5.41, 5.74) is 28.3. The second-order valence-corrected chi connectivity index (χ2v) is 30.5. The van der Waals surface area contributed by atoms with Crippen molar-refractivity contribution < 1.29 is 4.42 Å². The van der Waals surface area contributed by atoms with Crippen LogP contribution in [-0.2, 0) is 37.9 Å². The number of hydrogen-bond acceptors (Lipinski definition) is 4. The summed E-state index contributed by atoms with van der Waals surface area (Å²) in [5.74, 6) is 0. The van der Waals surface area contributed by atoms with Crippen LogP contribution in [0.15, 0.2) is 120 Å². The van der Waals surface area contributed by atoms with Crippen molar-refractivity contribution in [3.8, 4) is 0 Å². The first-order chi connectivity index (χ1) is 37.2. The van der Waals surface area contributed by atoms with Crippen LogP contribution in [0.5, 0.6) is 0 Å². The Kier molecular flexibility index (Phi) is 9.85. The first-order valence-corrected chi connectivity index (χ1v) is 30.4. The summed E-state index contributed by atoms with van der Waals surface area (Å²) in [7, 11) is 0. The van der Waals surface area contributed by atoms with Gasteiger partial charge in [0.2, 0.25) is 0 Å². The summed E-state index contributed by atoms with van der Waals surface area (Å²) < 4.78 is 6.86. The molecule has 7 aliphatic rings. The third-order valence-corrected chi connectivity index (χ3v) is 22.8. The van der Waals surface area contributed by atoms with E-state index in [1.165, 1.54) is 126 Å². The molecule has 0 saturated heterocycles. The molecule has 79 heavy (non-hydrogen) atoms. The third-order valence-electron chi connectivity index (χ3n) is 22.8. The van der Waals surface area contributed by atoms with E-state index in [0.29, 0.717) is 0 Å². The number of fused-ring (bicyclic) bond motifs is 13. The Morgan fingerprint density at radius 1 is 0.392 bits per heavy atom. The van der Waals surface area contributed by atoms with E-state index in [4.69, 9.17) is 4.42 Å². The van der Waals surface area contributed by atoms with Gasteiger partial charge in [0, 0.05) is 67.8 Å². The molecule has 1 fully saturated rings. The standard InChI is InChI=1S/C74H82BN3O/c1-44-34-50-55(72(12,13)43-71(50,10)11)40-59(44)77-61-42-54-52(68(4,5)31-33-70(54,8)9)39-57(61)75-56-38-51-53(69(6,7)32-30-67(51,2)3)41-60(56)76(45-26-27-48-47-22-16-19-25-64(47)79-65(48)37-45)62-35-46(36-63(77)66(62)75)78-58-24-18-17-23-49(58)73(14)28-20-21-29-74(73,78)15/h16-19,22-27,34-42H,20-21,28-33,43H2,1-15H3. The zero-order valence-corrected chi connectivity index (χ0v) is 50.2. The first kappa shape index (κ1) is 49.8. The van der Waals surface area contributed by atoms with E-state index in [0.717, 1.165) is 59.7 Å². The van der Waals surface area contributed by atoms with Crippen LogP contribution >= 0.6 is 0 Å². The number of furan rings is 1. The van der Waals surface area contributed by atoms with Gasteiger partial charge < -0.3 is 19.1 Å². The Morgan fingerprint density at radius 2 is 0.899 bits per heavy atom. The minimum absolute atomic E-state index is 0.00418. The molecule has 8 aromatic rings. The molecule has 4 nitrogen and oxygen atoms in total. The molecule has 1 saturated carbocycles. The van der Waals surface area contributed by atoms with Gasteiger partial charge in [-0.2, -0.15) is 0 Å². The minimum atomic E-state index is -0.139. The molecule has 1 aromatic heterocycles. The van der Waals surface area contributed by atoms with Gasteiger partial charge in [-0.25, -0.2) is 0 Å². The Balaban J connectivity index is 1.12. The monoisotopic (exact) mass is 1040 g/mol. The number of aryl methyl sites for hydroxylation is 1. The summed E-state index contributed by atoms with van der Waals surface area (Å²) in [5, 5.41) is 2.32. The zero-order chi connectivity index (χ0) is 55.1. The lowest BCUT2D eigenvalue weighted by Gasteiger charge is -2.51. The van der Waals surface area contributed by atoms with E-state index in [1.54, 1.807) is 0 Å². The molecule has 0 radical (unpaired) electrons. The molecule has 5 heteroatoms. The number of anilines is 8. The van der Waals surface area contributed by atoms with E-state index < -0.39 is 0 Å². The number of rotatable bonds is 3. The Morgan fingerprint density at radius 3 is 1.54 bits per heavy atom. The summed E-state index contributed by atoms with van der Waals surface area (Å²) in [6, 6.07) is 46.6. The average Bonchev–Trinajstić information content (AvgIpc) is 2.83. The van der Waals surface area contributed by atoms with Gasteiger partial charge >= 0.3 is 0 Å². The fourth-order valence-corrected chi connectivity index (χ4v) is 18.1. The van der Waals surface area contributed by atoms with E-state index >= 15 is 0 Å². The summed E-state index contributed by atoms with van der Waals surface area (Å²) >= 11 is 0. The lowest BCUT2D eigenvalue weighted by Crippen LogP contribution is -2.62. The van der Waals surface area contributed by atoms with Crippen molar-refractivity contribution in [2.75, 3.05) is 14.7 Å². The highest BCUT2D eigenvalue weighted by Gasteiger charge is 2.58. The van der Waals surface area contributed by atoms with Gasteiger partial charge in [-0.3, -0.25) is 0 Å². The summed E-state index contributed by atoms with van der Waals surface area (Å²) in [4.78, 5) is 8.36. The fraction of sp³-hybridized carbons (Fsp3) is 0.432. The number of benzene rings is 7. The van der Waals surface area contributed by atoms with Crippen LogP contribution < -0.4 is 31.1 Å². The van der Waals surface area contributed by atoms with Crippen molar-refractivity contribution in [2.24, 2.45) is 0 Å². The number of para-hydroxylation sites is 2. The Labute approximate surface area is 472 Å². The van der Waals surface area contributed by atoms with Gasteiger partial charge in [0.1, 0.15) is 11.2 Å². The van der Waals surface area contributed by atoms with Crippen LogP contribution in [-0.4, -0.2) is 12.3 Å². The predicted molar refractivity (Wildman–Crippen MR) is 337 cm³/mol. The maximum absolute atomic E-state index is 6.86. The molecule has 0 bridgehead atoms. The highest BCUT2D eigenvalue weighted by molar-refractivity contribution is 7.00. The zero-order valence-electron chi connectivity index (χ0n) is 50.2. The molecular formula is C74H82BN3O. The fourth-order valence-electron chi connectivity index (χ4n) is 18.1. The highest BCUT2D eigenvalue weighted by atomic mass is 16.3. The first-order valence-electron chi connectivity index (χ1n) is 30.4.